The largest absolute Gasteiger partial charge is 0.347 e. The number of carbonyl (C=O) groups excluding carboxylic acids is 1. The molecule has 1 heterocycles. The van der Waals surface area contributed by atoms with Crippen molar-refractivity contribution >= 4 is 40.7 Å². The SMILES string of the molecule is C=C(Cl)CNC(=O)c1cc(Cl)ncc1Cl. The number of hydrogen-bond acceptors (Lipinski definition) is 2. The number of nitrogens with one attached hydrogen (secondary N) is 1. The van der Waals surface area contributed by atoms with E-state index in [9.17, 15) is 4.79 Å². The van der Waals surface area contributed by atoms with E-state index in [1.807, 2.05) is 0 Å². The Morgan fingerprint density at radius 3 is 2.80 bits per heavy atom. The summed E-state index contributed by atoms with van der Waals surface area (Å²) < 4.78 is 0. The molecule has 1 aromatic rings. The summed E-state index contributed by atoms with van der Waals surface area (Å²) >= 11 is 16.9. The van der Waals surface area contributed by atoms with Crippen LogP contribution in [-0.2, 0) is 0 Å². The van der Waals surface area contributed by atoms with E-state index in [1.54, 1.807) is 0 Å². The quantitative estimate of drug-likeness (QED) is 0.854. The molecular weight excluding hydrogens is 258 g/mol. The van der Waals surface area contributed by atoms with E-state index in [0.717, 1.165) is 0 Å². The third-order valence-electron chi connectivity index (χ3n) is 1.51. The fourth-order valence-corrected chi connectivity index (χ4v) is 1.27. The summed E-state index contributed by atoms with van der Waals surface area (Å²) in [6.07, 6.45) is 1.31. The van der Waals surface area contributed by atoms with E-state index < -0.39 is 0 Å². The summed E-state index contributed by atoms with van der Waals surface area (Å²) in [7, 11) is 0. The van der Waals surface area contributed by atoms with Gasteiger partial charge in [0.15, 0.2) is 0 Å². The Labute approximate surface area is 102 Å². The highest BCUT2D eigenvalue weighted by Gasteiger charge is 2.11. The smallest absolute Gasteiger partial charge is 0.253 e. The average molecular weight is 266 g/mol. The molecular formula is C9H7Cl3N2O. The molecule has 1 amide bonds. The first-order valence-corrected chi connectivity index (χ1v) is 5.06. The van der Waals surface area contributed by atoms with Gasteiger partial charge in [0.25, 0.3) is 5.91 Å². The van der Waals surface area contributed by atoms with Gasteiger partial charge in [-0.3, -0.25) is 4.79 Å². The van der Waals surface area contributed by atoms with E-state index in [0.29, 0.717) is 5.03 Å². The molecule has 0 aliphatic rings. The molecule has 15 heavy (non-hydrogen) atoms. The van der Waals surface area contributed by atoms with Crippen LogP contribution < -0.4 is 5.32 Å². The minimum Gasteiger partial charge on any atom is -0.347 e. The minimum atomic E-state index is -0.369. The lowest BCUT2D eigenvalue weighted by atomic mass is 10.2. The molecule has 1 N–H and O–H groups in total. The van der Waals surface area contributed by atoms with Gasteiger partial charge in [-0.2, -0.15) is 0 Å². The molecule has 0 saturated heterocycles. The standard InChI is InChI=1S/C9H7Cl3N2O/c1-5(10)3-14-9(15)6-2-8(12)13-4-7(6)11/h2,4H,1,3H2,(H,14,15). The van der Waals surface area contributed by atoms with E-state index in [1.165, 1.54) is 12.3 Å². The Hall–Kier alpha value is -0.770. The van der Waals surface area contributed by atoms with Crippen molar-refractivity contribution < 1.29 is 4.79 Å². The molecule has 0 spiro atoms. The molecule has 3 nitrogen and oxygen atoms in total. The number of amides is 1. The molecule has 0 bridgehead atoms. The van der Waals surface area contributed by atoms with Gasteiger partial charge in [-0.05, 0) is 6.07 Å². The maximum Gasteiger partial charge on any atom is 0.253 e. The number of pyridine rings is 1. The fourth-order valence-electron chi connectivity index (χ4n) is 0.859. The molecule has 6 heteroatoms. The maximum atomic E-state index is 11.5. The van der Waals surface area contributed by atoms with E-state index >= 15 is 0 Å². The Kier molecular flexibility index (Phi) is 4.39. The molecule has 0 radical (unpaired) electrons. The van der Waals surface area contributed by atoms with Crippen molar-refractivity contribution in [2.75, 3.05) is 6.54 Å². The van der Waals surface area contributed by atoms with Crippen LogP contribution in [0.2, 0.25) is 10.2 Å². The first-order valence-electron chi connectivity index (χ1n) is 3.93. The summed E-state index contributed by atoms with van der Waals surface area (Å²) in [5, 5.41) is 3.29. The van der Waals surface area contributed by atoms with Crippen molar-refractivity contribution in [2.45, 2.75) is 0 Å². The zero-order valence-electron chi connectivity index (χ0n) is 7.56. The minimum absolute atomic E-state index is 0.177. The first-order chi connectivity index (χ1) is 7.00. The Balaban J connectivity index is 2.81. The monoisotopic (exact) mass is 264 g/mol. The second-order valence-electron chi connectivity index (χ2n) is 2.69. The lowest BCUT2D eigenvalue weighted by Crippen LogP contribution is -2.24. The normalized spacial score (nSPS) is 9.80. The zero-order valence-corrected chi connectivity index (χ0v) is 9.83. The predicted octanol–water partition coefficient (Wildman–Crippen LogP) is 2.87. The van der Waals surface area contributed by atoms with Crippen LogP contribution in [-0.4, -0.2) is 17.4 Å². The summed E-state index contributed by atoms with van der Waals surface area (Å²) in [6.45, 7) is 3.62. The zero-order chi connectivity index (χ0) is 11.4. The third-order valence-corrected chi connectivity index (χ3v) is 2.15. The molecule has 80 valence electrons. The molecule has 1 aromatic heterocycles. The van der Waals surface area contributed by atoms with Crippen LogP contribution >= 0.6 is 34.8 Å². The van der Waals surface area contributed by atoms with Gasteiger partial charge in [0.05, 0.1) is 17.1 Å². The number of carbonyl (C=O) groups is 1. The summed E-state index contributed by atoms with van der Waals surface area (Å²) in [5.74, 6) is -0.369. The Morgan fingerprint density at radius 1 is 1.53 bits per heavy atom. The Morgan fingerprint density at radius 2 is 2.20 bits per heavy atom. The van der Waals surface area contributed by atoms with Gasteiger partial charge in [0.2, 0.25) is 0 Å². The van der Waals surface area contributed by atoms with Gasteiger partial charge in [-0.25, -0.2) is 4.98 Å². The highest BCUT2D eigenvalue weighted by molar-refractivity contribution is 6.35. The first kappa shape index (κ1) is 12.3. The van der Waals surface area contributed by atoms with Crippen LogP contribution in [0.3, 0.4) is 0 Å². The highest BCUT2D eigenvalue weighted by Crippen LogP contribution is 2.17. The van der Waals surface area contributed by atoms with E-state index in [-0.39, 0.29) is 28.2 Å². The number of hydrogen-bond donors (Lipinski definition) is 1. The van der Waals surface area contributed by atoms with Crippen LogP contribution in [0.1, 0.15) is 10.4 Å². The molecule has 0 atom stereocenters. The molecule has 0 aromatic carbocycles. The molecule has 0 saturated carbocycles. The highest BCUT2D eigenvalue weighted by atomic mass is 35.5. The number of halogens is 3. The molecule has 0 fully saturated rings. The van der Waals surface area contributed by atoms with Gasteiger partial charge < -0.3 is 5.32 Å². The predicted molar refractivity (Wildman–Crippen MR) is 61.6 cm³/mol. The number of aromatic nitrogens is 1. The van der Waals surface area contributed by atoms with E-state index in [4.69, 9.17) is 34.8 Å². The average Bonchev–Trinajstić information content (AvgIpc) is 2.18. The third kappa shape index (κ3) is 3.70. The second-order valence-corrected chi connectivity index (χ2v) is 4.02. The molecule has 0 unspecified atom stereocenters. The second kappa shape index (κ2) is 5.35. The maximum absolute atomic E-state index is 11.5. The fraction of sp³-hybridized carbons (Fsp3) is 0.111. The van der Waals surface area contributed by atoms with Crippen LogP contribution in [0.25, 0.3) is 0 Å². The van der Waals surface area contributed by atoms with Gasteiger partial charge in [-0.15, -0.1) is 0 Å². The number of nitrogens with zero attached hydrogens (tertiary/aromatic N) is 1. The van der Waals surface area contributed by atoms with Gasteiger partial charge >= 0.3 is 0 Å². The van der Waals surface area contributed by atoms with Crippen molar-refractivity contribution in [3.05, 3.63) is 39.6 Å². The molecule has 0 aliphatic heterocycles. The summed E-state index contributed by atoms with van der Waals surface area (Å²) in [6, 6.07) is 1.39. The van der Waals surface area contributed by atoms with Gasteiger partial charge in [-0.1, -0.05) is 41.4 Å². The lowest BCUT2D eigenvalue weighted by Gasteiger charge is -2.05. The number of rotatable bonds is 3. The molecule has 1 rings (SSSR count). The topological polar surface area (TPSA) is 42.0 Å². The van der Waals surface area contributed by atoms with Crippen molar-refractivity contribution in [1.29, 1.82) is 0 Å². The summed E-state index contributed by atoms with van der Waals surface area (Å²) in [5.41, 5.74) is 0.259. The van der Waals surface area contributed by atoms with Crippen LogP contribution in [0.5, 0.6) is 0 Å². The Bertz CT molecular complexity index is 406. The van der Waals surface area contributed by atoms with Crippen molar-refractivity contribution in [1.82, 2.24) is 10.3 Å². The van der Waals surface area contributed by atoms with Gasteiger partial charge in [0, 0.05) is 11.2 Å². The van der Waals surface area contributed by atoms with Crippen molar-refractivity contribution in [2.24, 2.45) is 0 Å². The van der Waals surface area contributed by atoms with Crippen LogP contribution in [0.15, 0.2) is 23.9 Å². The van der Waals surface area contributed by atoms with Gasteiger partial charge in [0.1, 0.15) is 5.15 Å². The van der Waals surface area contributed by atoms with Crippen LogP contribution in [0.4, 0.5) is 0 Å². The van der Waals surface area contributed by atoms with Crippen molar-refractivity contribution in [3.63, 3.8) is 0 Å². The molecule has 0 aliphatic carbocycles. The van der Waals surface area contributed by atoms with Crippen molar-refractivity contribution in [3.8, 4) is 0 Å². The van der Waals surface area contributed by atoms with E-state index in [2.05, 4.69) is 16.9 Å². The summed E-state index contributed by atoms with van der Waals surface area (Å²) in [4.78, 5) is 15.3. The lowest BCUT2D eigenvalue weighted by molar-refractivity contribution is 0.0957. The van der Waals surface area contributed by atoms with Crippen LogP contribution in [0, 0.1) is 0 Å².